The topological polar surface area (TPSA) is 101 Å². The van der Waals surface area contributed by atoms with Gasteiger partial charge in [-0.05, 0) is 44.5 Å². The molecule has 0 saturated carbocycles. The molecule has 0 spiro atoms. The molecule has 0 aliphatic carbocycles. The number of amidine groups is 1. The first-order chi connectivity index (χ1) is 17.5. The minimum absolute atomic E-state index is 0.249. The number of ether oxygens (including phenoxy) is 3. The number of carbonyl (C=O) groups excluding carboxylic acids is 1. The van der Waals surface area contributed by atoms with Gasteiger partial charge in [-0.3, -0.25) is 29.9 Å². The fraction of sp³-hybridized carbons (Fsp3) is 0.462. The van der Waals surface area contributed by atoms with Gasteiger partial charge in [0.15, 0.2) is 11.5 Å². The second kappa shape index (κ2) is 10.6. The lowest BCUT2D eigenvalue weighted by molar-refractivity contribution is -0.0686. The minimum Gasteiger partial charge on any atom is -0.491 e. The third-order valence-corrected chi connectivity index (χ3v) is 6.38. The lowest BCUT2D eigenvalue weighted by atomic mass is 10.1. The van der Waals surface area contributed by atoms with Crippen molar-refractivity contribution in [2.24, 2.45) is 9.98 Å². The van der Waals surface area contributed by atoms with E-state index in [1.54, 1.807) is 25.4 Å². The highest BCUT2D eigenvalue weighted by Crippen LogP contribution is 2.43. The van der Waals surface area contributed by atoms with Crippen LogP contribution in [0.2, 0.25) is 0 Å². The van der Waals surface area contributed by atoms with E-state index in [9.17, 15) is 4.79 Å². The maximum atomic E-state index is 12.8. The molecule has 0 radical (unpaired) electrons. The number of hydrogen-bond acceptors (Lipinski definition) is 9. The standard InChI is InChI=1S/C26H32N6O4/c1-17-15-31(16-18(2)36-17)11-5-13-35-21-8-7-20-22(23(21)34-3)29-26(32-12-10-28-24(20)32)30-25(33)19-6-4-9-27-14-19/h4,6-9,14,17-18H,5,10-13,15-16H2,1-3H3,(H,29,30,33)/t17-,18+. The summed E-state index contributed by atoms with van der Waals surface area (Å²) in [6.07, 6.45) is 4.54. The third-order valence-electron chi connectivity index (χ3n) is 6.38. The predicted molar refractivity (Wildman–Crippen MR) is 136 cm³/mol. The molecule has 4 heterocycles. The molecule has 1 N–H and O–H groups in total. The van der Waals surface area contributed by atoms with E-state index < -0.39 is 0 Å². The first-order valence-electron chi connectivity index (χ1n) is 12.4. The first kappa shape index (κ1) is 24.2. The summed E-state index contributed by atoms with van der Waals surface area (Å²) in [5.41, 5.74) is 1.91. The highest BCUT2D eigenvalue weighted by Gasteiger charge is 2.33. The molecule has 1 aromatic carbocycles. The summed E-state index contributed by atoms with van der Waals surface area (Å²) in [7, 11) is 1.60. The smallest absolute Gasteiger partial charge is 0.259 e. The Kier molecular flexibility index (Phi) is 7.15. The van der Waals surface area contributed by atoms with Gasteiger partial charge in [-0.15, -0.1) is 0 Å². The Bertz CT molecular complexity index is 1160. The zero-order chi connectivity index (χ0) is 25.1. The minimum atomic E-state index is -0.283. The zero-order valence-electron chi connectivity index (χ0n) is 20.9. The number of nitrogens with one attached hydrogen (secondary N) is 1. The average molecular weight is 493 g/mol. The predicted octanol–water partition coefficient (Wildman–Crippen LogP) is 2.46. The molecule has 190 valence electrons. The van der Waals surface area contributed by atoms with Gasteiger partial charge in [0, 0.05) is 44.1 Å². The number of carbonyl (C=O) groups is 1. The van der Waals surface area contributed by atoms with Crippen LogP contribution < -0.4 is 14.8 Å². The van der Waals surface area contributed by atoms with Crippen LogP contribution in [0.15, 0.2) is 46.6 Å². The highest BCUT2D eigenvalue weighted by atomic mass is 16.5. The van der Waals surface area contributed by atoms with Crippen molar-refractivity contribution in [3.63, 3.8) is 0 Å². The summed E-state index contributed by atoms with van der Waals surface area (Å²) in [5.74, 6) is 2.05. The van der Waals surface area contributed by atoms with Crippen molar-refractivity contribution < 1.29 is 19.0 Å². The molecule has 0 bridgehead atoms. The van der Waals surface area contributed by atoms with Gasteiger partial charge >= 0.3 is 0 Å². The molecular formula is C26H32N6O4. The molecule has 1 aromatic heterocycles. The molecule has 3 aliphatic rings. The number of morpholine rings is 1. The zero-order valence-corrected chi connectivity index (χ0v) is 20.9. The van der Waals surface area contributed by atoms with Crippen LogP contribution in [0.5, 0.6) is 11.5 Å². The number of guanidine groups is 1. The Morgan fingerprint density at radius 2 is 2.06 bits per heavy atom. The monoisotopic (exact) mass is 492 g/mol. The quantitative estimate of drug-likeness (QED) is 0.593. The molecule has 10 heteroatoms. The number of nitrogens with zero attached hydrogens (tertiary/aromatic N) is 5. The third kappa shape index (κ3) is 5.05. The van der Waals surface area contributed by atoms with Gasteiger partial charge < -0.3 is 14.2 Å². The first-order valence-corrected chi connectivity index (χ1v) is 12.4. The molecular weight excluding hydrogens is 460 g/mol. The van der Waals surface area contributed by atoms with Crippen LogP contribution in [0.1, 0.15) is 36.2 Å². The van der Waals surface area contributed by atoms with E-state index in [2.05, 4.69) is 34.0 Å². The number of methoxy groups -OCH3 is 1. The van der Waals surface area contributed by atoms with E-state index in [1.807, 2.05) is 17.0 Å². The Hall–Kier alpha value is -3.50. The number of aliphatic imine (C=N–C) groups is 2. The van der Waals surface area contributed by atoms with Gasteiger partial charge in [-0.1, -0.05) is 0 Å². The molecule has 2 aromatic rings. The Labute approximate surface area is 211 Å². The lowest BCUT2D eigenvalue weighted by Gasteiger charge is -2.35. The molecule has 10 nitrogen and oxygen atoms in total. The number of pyridine rings is 1. The lowest BCUT2D eigenvalue weighted by Crippen LogP contribution is -2.47. The van der Waals surface area contributed by atoms with Crippen molar-refractivity contribution in [1.82, 2.24) is 20.1 Å². The van der Waals surface area contributed by atoms with E-state index in [-0.39, 0.29) is 18.1 Å². The maximum Gasteiger partial charge on any atom is 0.259 e. The van der Waals surface area contributed by atoms with Gasteiger partial charge in [0.05, 0.1) is 38.0 Å². The Balaban J connectivity index is 1.32. The molecule has 1 amide bonds. The summed E-state index contributed by atoms with van der Waals surface area (Å²) in [6.45, 7) is 8.86. The molecule has 3 aliphatic heterocycles. The van der Waals surface area contributed by atoms with Crippen molar-refractivity contribution in [3.8, 4) is 11.5 Å². The van der Waals surface area contributed by atoms with Crippen LogP contribution in [0.3, 0.4) is 0 Å². The molecule has 36 heavy (non-hydrogen) atoms. The van der Waals surface area contributed by atoms with Crippen molar-refractivity contribution in [2.75, 3.05) is 46.4 Å². The van der Waals surface area contributed by atoms with E-state index >= 15 is 0 Å². The maximum absolute atomic E-state index is 12.8. The van der Waals surface area contributed by atoms with Crippen LogP contribution in [0, 0.1) is 0 Å². The van der Waals surface area contributed by atoms with Crippen molar-refractivity contribution >= 4 is 23.4 Å². The summed E-state index contributed by atoms with van der Waals surface area (Å²) >= 11 is 0. The van der Waals surface area contributed by atoms with Crippen LogP contribution in [0.25, 0.3) is 0 Å². The van der Waals surface area contributed by atoms with Gasteiger partial charge in [0.25, 0.3) is 5.91 Å². The Morgan fingerprint density at radius 1 is 1.22 bits per heavy atom. The highest BCUT2D eigenvalue weighted by molar-refractivity contribution is 6.20. The summed E-state index contributed by atoms with van der Waals surface area (Å²) in [6, 6.07) is 7.30. The number of rotatable bonds is 7. The van der Waals surface area contributed by atoms with E-state index in [4.69, 9.17) is 19.2 Å². The number of fused-ring (bicyclic) bond motifs is 3. The van der Waals surface area contributed by atoms with Crippen LogP contribution in [-0.4, -0.2) is 91.1 Å². The van der Waals surface area contributed by atoms with E-state index in [0.29, 0.717) is 48.4 Å². The second-order valence-electron chi connectivity index (χ2n) is 9.20. The van der Waals surface area contributed by atoms with Gasteiger partial charge in [-0.2, -0.15) is 0 Å². The normalized spacial score (nSPS) is 21.2. The number of amides is 1. The van der Waals surface area contributed by atoms with Gasteiger partial charge in [-0.25, -0.2) is 4.99 Å². The molecule has 0 unspecified atom stereocenters. The van der Waals surface area contributed by atoms with Crippen LogP contribution in [-0.2, 0) is 4.74 Å². The average Bonchev–Trinajstić information content (AvgIpc) is 3.37. The number of hydrogen-bond donors (Lipinski definition) is 1. The fourth-order valence-corrected chi connectivity index (χ4v) is 4.91. The molecule has 1 saturated heterocycles. The SMILES string of the molecule is COc1c(OCCCN2C[C@@H](C)O[C@@H](C)C2)ccc2c1N=C(NC(=O)c1cccnc1)N1CCN=C21. The van der Waals surface area contributed by atoms with E-state index in [0.717, 1.165) is 37.5 Å². The Morgan fingerprint density at radius 3 is 2.81 bits per heavy atom. The van der Waals surface area contributed by atoms with Crippen molar-refractivity contribution in [1.29, 1.82) is 0 Å². The fourth-order valence-electron chi connectivity index (χ4n) is 4.91. The summed E-state index contributed by atoms with van der Waals surface area (Å²) in [5, 5.41) is 2.92. The molecule has 5 rings (SSSR count). The van der Waals surface area contributed by atoms with Crippen molar-refractivity contribution in [3.05, 3.63) is 47.8 Å². The number of benzene rings is 1. The van der Waals surface area contributed by atoms with Crippen LogP contribution >= 0.6 is 0 Å². The second-order valence-corrected chi connectivity index (χ2v) is 9.20. The van der Waals surface area contributed by atoms with Crippen LogP contribution in [0.4, 0.5) is 5.69 Å². The van der Waals surface area contributed by atoms with E-state index in [1.165, 1.54) is 6.20 Å². The summed E-state index contributed by atoms with van der Waals surface area (Å²) < 4.78 is 17.7. The van der Waals surface area contributed by atoms with Crippen molar-refractivity contribution in [2.45, 2.75) is 32.5 Å². The van der Waals surface area contributed by atoms with Gasteiger partial charge in [0.2, 0.25) is 5.96 Å². The number of aromatic nitrogens is 1. The van der Waals surface area contributed by atoms with Gasteiger partial charge in [0.1, 0.15) is 11.5 Å². The molecule has 2 atom stereocenters. The summed E-state index contributed by atoms with van der Waals surface area (Å²) in [4.78, 5) is 30.6. The molecule has 1 fully saturated rings. The largest absolute Gasteiger partial charge is 0.491 e.